The molecule has 0 radical (unpaired) electrons. The van der Waals surface area contributed by atoms with Crippen molar-refractivity contribution in [1.29, 1.82) is 0 Å². The Labute approximate surface area is 129 Å². The Morgan fingerprint density at radius 3 is 2.59 bits per heavy atom. The fourth-order valence-electron chi connectivity index (χ4n) is 2.24. The first-order valence-corrected chi connectivity index (χ1v) is 7.27. The van der Waals surface area contributed by atoms with Crippen molar-refractivity contribution in [1.82, 2.24) is 9.88 Å². The minimum atomic E-state index is -0.915. The van der Waals surface area contributed by atoms with Crippen molar-refractivity contribution in [2.75, 3.05) is 13.6 Å². The molecular weight excluding hydrogens is 280 g/mol. The molecule has 0 spiro atoms. The van der Waals surface area contributed by atoms with Gasteiger partial charge in [-0.25, -0.2) is 0 Å². The molecule has 0 aliphatic rings. The lowest BCUT2D eigenvalue weighted by Crippen LogP contribution is -2.29. The van der Waals surface area contributed by atoms with E-state index in [0.717, 1.165) is 16.6 Å². The van der Waals surface area contributed by atoms with E-state index in [1.165, 1.54) is 4.90 Å². The molecule has 5 heteroatoms. The van der Waals surface area contributed by atoms with E-state index in [2.05, 4.69) is 4.98 Å². The van der Waals surface area contributed by atoms with Crippen LogP contribution in [0, 0.1) is 0 Å². The summed E-state index contributed by atoms with van der Waals surface area (Å²) in [6, 6.07) is 9.32. The number of rotatable bonds is 5. The molecule has 0 fully saturated rings. The first-order chi connectivity index (χ1) is 10.4. The Hall–Kier alpha value is -2.43. The number of amides is 1. The summed E-state index contributed by atoms with van der Waals surface area (Å²) in [6.45, 7) is 4.24. The fourth-order valence-corrected chi connectivity index (χ4v) is 2.24. The minimum Gasteiger partial charge on any atom is -0.481 e. The molecule has 2 rings (SSSR count). The zero-order chi connectivity index (χ0) is 16.3. The van der Waals surface area contributed by atoms with Crippen LogP contribution >= 0.6 is 0 Å². The average molecular weight is 300 g/mol. The van der Waals surface area contributed by atoms with Crippen LogP contribution in [-0.4, -0.2) is 40.5 Å². The molecule has 1 aromatic carbocycles. The van der Waals surface area contributed by atoms with Gasteiger partial charge in [-0.3, -0.25) is 14.6 Å². The van der Waals surface area contributed by atoms with Gasteiger partial charge in [0.2, 0.25) is 0 Å². The molecule has 116 valence electrons. The van der Waals surface area contributed by atoms with Gasteiger partial charge in [-0.15, -0.1) is 0 Å². The van der Waals surface area contributed by atoms with Crippen molar-refractivity contribution in [3.05, 3.63) is 41.6 Å². The van der Waals surface area contributed by atoms with Gasteiger partial charge in [0.05, 0.1) is 17.5 Å². The molecule has 1 N–H and O–H groups in total. The molecule has 0 aliphatic carbocycles. The maximum Gasteiger partial charge on any atom is 0.305 e. The van der Waals surface area contributed by atoms with Crippen LogP contribution in [0.4, 0.5) is 0 Å². The maximum atomic E-state index is 12.7. The summed E-state index contributed by atoms with van der Waals surface area (Å²) in [6.07, 6.45) is -0.0672. The molecule has 0 saturated carbocycles. The standard InChI is InChI=1S/C17H20N2O3/c1-11(2)15-10-13(12-6-4-5-7-14(12)18-15)17(22)19(3)9-8-16(20)21/h4-7,10-11H,8-9H2,1-3H3,(H,20,21). The van der Waals surface area contributed by atoms with E-state index in [4.69, 9.17) is 5.11 Å². The topological polar surface area (TPSA) is 70.5 Å². The van der Waals surface area contributed by atoms with Crippen LogP contribution in [0.3, 0.4) is 0 Å². The molecular formula is C17H20N2O3. The monoisotopic (exact) mass is 300 g/mol. The van der Waals surface area contributed by atoms with E-state index in [1.807, 2.05) is 44.2 Å². The normalized spacial score (nSPS) is 10.9. The summed E-state index contributed by atoms with van der Waals surface area (Å²) in [4.78, 5) is 29.4. The average Bonchev–Trinajstić information content (AvgIpc) is 2.50. The highest BCUT2D eigenvalue weighted by molar-refractivity contribution is 6.06. The number of pyridine rings is 1. The zero-order valence-electron chi connectivity index (χ0n) is 13.0. The molecule has 0 bridgehead atoms. The molecule has 22 heavy (non-hydrogen) atoms. The number of carboxylic acids is 1. The molecule has 5 nitrogen and oxygen atoms in total. The van der Waals surface area contributed by atoms with E-state index >= 15 is 0 Å². The molecule has 1 amide bonds. The van der Waals surface area contributed by atoms with E-state index in [0.29, 0.717) is 5.56 Å². The quantitative estimate of drug-likeness (QED) is 0.921. The molecule has 1 heterocycles. The number of carboxylic acid groups (broad SMARTS) is 1. The van der Waals surface area contributed by atoms with Crippen LogP contribution in [0.1, 0.15) is 42.2 Å². The van der Waals surface area contributed by atoms with Gasteiger partial charge in [0.25, 0.3) is 5.91 Å². The number of hydrogen-bond acceptors (Lipinski definition) is 3. The SMILES string of the molecule is CC(C)c1cc(C(=O)N(C)CCC(=O)O)c2ccccc2n1. The summed E-state index contributed by atoms with van der Waals surface area (Å²) in [5.74, 6) is -0.885. The van der Waals surface area contributed by atoms with Crippen molar-refractivity contribution in [2.45, 2.75) is 26.2 Å². The second-order valence-electron chi connectivity index (χ2n) is 5.64. The molecule has 1 aromatic heterocycles. The van der Waals surface area contributed by atoms with Gasteiger partial charge in [0, 0.05) is 24.7 Å². The lowest BCUT2D eigenvalue weighted by molar-refractivity contribution is -0.137. The second-order valence-corrected chi connectivity index (χ2v) is 5.64. The predicted molar refractivity (Wildman–Crippen MR) is 85.0 cm³/mol. The largest absolute Gasteiger partial charge is 0.481 e. The number of carbonyl (C=O) groups is 2. The van der Waals surface area contributed by atoms with E-state index in [1.54, 1.807) is 7.05 Å². The van der Waals surface area contributed by atoms with Gasteiger partial charge in [0.15, 0.2) is 0 Å². The van der Waals surface area contributed by atoms with Crippen molar-refractivity contribution in [2.24, 2.45) is 0 Å². The Morgan fingerprint density at radius 1 is 1.27 bits per heavy atom. The van der Waals surface area contributed by atoms with Crippen LogP contribution < -0.4 is 0 Å². The molecule has 0 atom stereocenters. The lowest BCUT2D eigenvalue weighted by atomic mass is 10.0. The number of carbonyl (C=O) groups excluding carboxylic acids is 1. The summed E-state index contributed by atoms with van der Waals surface area (Å²) in [5, 5.41) is 9.55. The lowest BCUT2D eigenvalue weighted by Gasteiger charge is -2.18. The van der Waals surface area contributed by atoms with Gasteiger partial charge >= 0.3 is 5.97 Å². The number of hydrogen-bond donors (Lipinski definition) is 1. The minimum absolute atomic E-state index is 0.0672. The highest BCUT2D eigenvalue weighted by Crippen LogP contribution is 2.23. The molecule has 0 saturated heterocycles. The number of fused-ring (bicyclic) bond motifs is 1. The zero-order valence-corrected chi connectivity index (χ0v) is 13.0. The van der Waals surface area contributed by atoms with Gasteiger partial charge in [-0.05, 0) is 18.1 Å². The van der Waals surface area contributed by atoms with Gasteiger partial charge in [-0.1, -0.05) is 32.0 Å². The van der Waals surface area contributed by atoms with E-state index in [9.17, 15) is 9.59 Å². The van der Waals surface area contributed by atoms with Crippen LogP contribution in [0.5, 0.6) is 0 Å². The second kappa shape index (κ2) is 6.56. The molecule has 0 aliphatic heterocycles. The highest BCUT2D eigenvalue weighted by atomic mass is 16.4. The van der Waals surface area contributed by atoms with E-state index in [-0.39, 0.29) is 24.8 Å². The van der Waals surface area contributed by atoms with Crippen LogP contribution in [0.25, 0.3) is 10.9 Å². The van der Waals surface area contributed by atoms with Crippen LogP contribution in [-0.2, 0) is 4.79 Å². The third kappa shape index (κ3) is 3.42. The first kappa shape index (κ1) is 15.9. The Balaban J connectivity index is 2.44. The summed E-state index contributed by atoms with van der Waals surface area (Å²) >= 11 is 0. The Morgan fingerprint density at radius 2 is 1.95 bits per heavy atom. The van der Waals surface area contributed by atoms with Crippen molar-refractivity contribution in [3.63, 3.8) is 0 Å². The van der Waals surface area contributed by atoms with Crippen LogP contribution in [0.2, 0.25) is 0 Å². The summed E-state index contributed by atoms with van der Waals surface area (Å²) < 4.78 is 0. The van der Waals surface area contributed by atoms with Gasteiger partial charge < -0.3 is 10.0 Å². The molecule has 0 unspecified atom stereocenters. The summed E-state index contributed by atoms with van der Waals surface area (Å²) in [5.41, 5.74) is 2.21. The fraction of sp³-hybridized carbons (Fsp3) is 0.353. The smallest absolute Gasteiger partial charge is 0.305 e. The van der Waals surface area contributed by atoms with Crippen molar-refractivity contribution < 1.29 is 14.7 Å². The van der Waals surface area contributed by atoms with Gasteiger partial charge in [-0.2, -0.15) is 0 Å². The van der Waals surface area contributed by atoms with Crippen molar-refractivity contribution in [3.8, 4) is 0 Å². The van der Waals surface area contributed by atoms with Gasteiger partial charge in [0.1, 0.15) is 0 Å². The van der Waals surface area contributed by atoms with E-state index < -0.39 is 5.97 Å². The number of aliphatic carboxylic acids is 1. The first-order valence-electron chi connectivity index (χ1n) is 7.27. The highest BCUT2D eigenvalue weighted by Gasteiger charge is 2.18. The summed E-state index contributed by atoms with van der Waals surface area (Å²) in [7, 11) is 1.62. The Bertz CT molecular complexity index is 710. The maximum absolute atomic E-state index is 12.7. The number of aromatic nitrogens is 1. The number of nitrogens with zero attached hydrogens (tertiary/aromatic N) is 2. The Kier molecular flexibility index (Phi) is 4.75. The third-order valence-corrected chi connectivity index (χ3v) is 3.57. The number of para-hydroxylation sites is 1. The molecule has 2 aromatic rings. The van der Waals surface area contributed by atoms with Crippen molar-refractivity contribution >= 4 is 22.8 Å². The predicted octanol–water partition coefficient (Wildman–Crippen LogP) is 2.90. The third-order valence-electron chi connectivity index (χ3n) is 3.57. The number of benzene rings is 1. The van der Waals surface area contributed by atoms with Crippen LogP contribution in [0.15, 0.2) is 30.3 Å².